The summed E-state index contributed by atoms with van der Waals surface area (Å²) in [6.07, 6.45) is -3.51. The third-order valence-corrected chi connectivity index (χ3v) is 5.71. The summed E-state index contributed by atoms with van der Waals surface area (Å²) in [6.45, 7) is 2.94. The molecular formula is C23H26F3N3O4. The van der Waals surface area contributed by atoms with E-state index in [1.165, 1.54) is 12.1 Å². The van der Waals surface area contributed by atoms with Crippen molar-refractivity contribution in [2.24, 2.45) is 0 Å². The minimum Gasteiger partial charge on any atom is -0.486 e. The van der Waals surface area contributed by atoms with Gasteiger partial charge in [0.1, 0.15) is 19.3 Å². The zero-order valence-electron chi connectivity index (χ0n) is 17.9. The molecular weight excluding hydrogens is 439 g/mol. The van der Waals surface area contributed by atoms with Crippen molar-refractivity contribution in [2.45, 2.75) is 31.2 Å². The number of nitrogens with zero attached hydrogens (tertiary/aromatic N) is 1. The molecule has 3 N–H and O–H groups in total. The lowest BCUT2D eigenvalue weighted by molar-refractivity contribution is -0.137. The van der Waals surface area contributed by atoms with E-state index in [1.807, 2.05) is 0 Å². The van der Waals surface area contributed by atoms with Gasteiger partial charge >= 0.3 is 12.2 Å². The lowest BCUT2D eigenvalue weighted by atomic mass is 10.0. The Kier molecular flexibility index (Phi) is 6.94. The SMILES string of the molecule is O=C(Nc1cccc(C(F)(F)F)c1)NC(CN1CCCC1)C(O)c1ccc2c(c1)OCCO2. The molecule has 0 spiro atoms. The van der Waals surface area contributed by atoms with Gasteiger partial charge in [-0.05, 0) is 61.8 Å². The molecule has 4 rings (SSSR count). The van der Waals surface area contributed by atoms with Crippen molar-refractivity contribution in [3.05, 3.63) is 53.6 Å². The molecule has 2 aromatic rings. The van der Waals surface area contributed by atoms with Crippen LogP contribution in [0.15, 0.2) is 42.5 Å². The van der Waals surface area contributed by atoms with Gasteiger partial charge in [-0.1, -0.05) is 12.1 Å². The Balaban J connectivity index is 1.49. The standard InChI is InChI=1S/C23H26F3N3O4/c24-23(25,26)16-4-3-5-17(13-16)27-22(31)28-18(14-29-8-1-2-9-29)21(30)15-6-7-19-20(12-15)33-11-10-32-19/h3-7,12-13,18,21,30H,1-2,8-11,14H2,(H2,27,28,31). The van der Waals surface area contributed by atoms with E-state index in [1.54, 1.807) is 18.2 Å². The van der Waals surface area contributed by atoms with Gasteiger partial charge in [0.2, 0.25) is 0 Å². The molecule has 0 aliphatic carbocycles. The Bertz CT molecular complexity index is 980. The maximum Gasteiger partial charge on any atom is 0.416 e. The molecule has 178 valence electrons. The lowest BCUT2D eigenvalue weighted by Crippen LogP contribution is -2.48. The molecule has 2 aliphatic rings. The van der Waals surface area contributed by atoms with Crippen molar-refractivity contribution in [1.82, 2.24) is 10.2 Å². The summed E-state index contributed by atoms with van der Waals surface area (Å²) < 4.78 is 50.0. The molecule has 0 radical (unpaired) electrons. The number of amides is 2. The lowest BCUT2D eigenvalue weighted by Gasteiger charge is -2.29. The van der Waals surface area contributed by atoms with Crippen LogP contribution in [0.5, 0.6) is 11.5 Å². The summed E-state index contributed by atoms with van der Waals surface area (Å²) in [4.78, 5) is 14.8. The van der Waals surface area contributed by atoms with Crippen molar-refractivity contribution < 1.29 is 32.5 Å². The monoisotopic (exact) mass is 465 g/mol. The van der Waals surface area contributed by atoms with Crippen LogP contribution < -0.4 is 20.1 Å². The van der Waals surface area contributed by atoms with Crippen LogP contribution in [0.2, 0.25) is 0 Å². The molecule has 33 heavy (non-hydrogen) atoms. The Morgan fingerprint density at radius 1 is 1.06 bits per heavy atom. The van der Waals surface area contributed by atoms with Crippen LogP contribution in [-0.2, 0) is 6.18 Å². The fourth-order valence-corrected chi connectivity index (χ4v) is 4.05. The van der Waals surface area contributed by atoms with Crippen LogP contribution in [0, 0.1) is 0 Å². The number of urea groups is 1. The number of halogens is 3. The number of nitrogens with one attached hydrogen (secondary N) is 2. The summed E-state index contributed by atoms with van der Waals surface area (Å²) in [5.74, 6) is 1.11. The summed E-state index contributed by atoms with van der Waals surface area (Å²) in [6, 6.07) is 8.11. The Hall–Kier alpha value is -2.98. The smallest absolute Gasteiger partial charge is 0.416 e. The third-order valence-electron chi connectivity index (χ3n) is 5.71. The van der Waals surface area contributed by atoms with Crippen molar-refractivity contribution in [1.29, 1.82) is 0 Å². The van der Waals surface area contributed by atoms with Crippen LogP contribution in [0.25, 0.3) is 0 Å². The highest BCUT2D eigenvalue weighted by atomic mass is 19.4. The highest BCUT2D eigenvalue weighted by Crippen LogP contribution is 2.34. The highest BCUT2D eigenvalue weighted by Gasteiger charge is 2.31. The number of ether oxygens (including phenoxy) is 2. The number of benzene rings is 2. The Morgan fingerprint density at radius 3 is 2.52 bits per heavy atom. The van der Waals surface area contributed by atoms with Gasteiger partial charge in [-0.25, -0.2) is 4.79 Å². The van der Waals surface area contributed by atoms with Crippen molar-refractivity contribution in [3.8, 4) is 11.5 Å². The molecule has 2 heterocycles. The largest absolute Gasteiger partial charge is 0.486 e. The van der Waals surface area contributed by atoms with E-state index >= 15 is 0 Å². The number of aliphatic hydroxyl groups excluding tert-OH is 1. The summed E-state index contributed by atoms with van der Waals surface area (Å²) in [7, 11) is 0. The number of aliphatic hydroxyl groups is 1. The van der Waals surface area contributed by atoms with Crippen LogP contribution >= 0.6 is 0 Å². The average Bonchev–Trinajstić information content (AvgIpc) is 3.30. The number of fused-ring (bicyclic) bond motifs is 1. The first-order chi connectivity index (χ1) is 15.8. The summed E-state index contributed by atoms with van der Waals surface area (Å²) >= 11 is 0. The fraction of sp³-hybridized carbons (Fsp3) is 0.435. The molecule has 10 heteroatoms. The van der Waals surface area contributed by atoms with Crippen molar-refractivity contribution in [2.75, 3.05) is 38.2 Å². The minimum atomic E-state index is -4.51. The molecule has 2 amide bonds. The fourth-order valence-electron chi connectivity index (χ4n) is 4.05. The zero-order chi connectivity index (χ0) is 23.4. The quantitative estimate of drug-likeness (QED) is 0.605. The first-order valence-corrected chi connectivity index (χ1v) is 10.8. The van der Waals surface area contributed by atoms with Gasteiger partial charge in [0.25, 0.3) is 0 Å². The molecule has 7 nitrogen and oxygen atoms in total. The number of alkyl halides is 3. The van der Waals surface area contributed by atoms with E-state index in [4.69, 9.17) is 9.47 Å². The molecule has 0 aromatic heterocycles. The van der Waals surface area contributed by atoms with E-state index in [0.717, 1.165) is 38.1 Å². The number of hydrogen-bond donors (Lipinski definition) is 3. The maximum absolute atomic E-state index is 13.0. The molecule has 2 aromatic carbocycles. The van der Waals surface area contributed by atoms with E-state index in [9.17, 15) is 23.1 Å². The van der Waals surface area contributed by atoms with Crippen LogP contribution in [0.1, 0.15) is 30.1 Å². The van der Waals surface area contributed by atoms with Gasteiger partial charge in [-0.3, -0.25) is 0 Å². The number of rotatable bonds is 6. The third kappa shape index (κ3) is 5.88. The van der Waals surface area contributed by atoms with Gasteiger partial charge in [-0.2, -0.15) is 13.2 Å². The van der Waals surface area contributed by atoms with Gasteiger partial charge in [0.05, 0.1) is 11.6 Å². The number of carbonyl (C=O) groups excluding carboxylic acids is 1. The van der Waals surface area contributed by atoms with Gasteiger partial charge in [-0.15, -0.1) is 0 Å². The van der Waals surface area contributed by atoms with Crippen molar-refractivity contribution >= 4 is 11.7 Å². The first kappa shape index (κ1) is 23.2. The number of likely N-dealkylation sites (tertiary alicyclic amines) is 1. The summed E-state index contributed by atoms with van der Waals surface area (Å²) in [5.41, 5.74) is -0.302. The Morgan fingerprint density at radius 2 is 1.79 bits per heavy atom. The van der Waals surface area contributed by atoms with Gasteiger partial charge in [0, 0.05) is 12.2 Å². The highest BCUT2D eigenvalue weighted by molar-refractivity contribution is 5.89. The maximum atomic E-state index is 13.0. The van der Waals surface area contributed by atoms with Crippen LogP contribution in [0.4, 0.5) is 23.7 Å². The number of carbonyl (C=O) groups is 1. The molecule has 2 atom stereocenters. The summed E-state index contributed by atoms with van der Waals surface area (Å²) in [5, 5.41) is 16.3. The Labute approximate surface area is 189 Å². The van der Waals surface area contributed by atoms with Crippen LogP contribution in [-0.4, -0.2) is 54.9 Å². The van der Waals surface area contributed by atoms with Crippen molar-refractivity contribution in [3.63, 3.8) is 0 Å². The molecule has 2 aliphatic heterocycles. The van der Waals surface area contributed by atoms with E-state index in [-0.39, 0.29) is 5.69 Å². The average molecular weight is 465 g/mol. The molecule has 1 saturated heterocycles. The number of anilines is 1. The molecule has 1 fully saturated rings. The number of hydrogen-bond acceptors (Lipinski definition) is 5. The van der Waals surface area contributed by atoms with E-state index < -0.39 is 29.9 Å². The molecule has 0 bridgehead atoms. The van der Waals surface area contributed by atoms with Gasteiger partial charge in [0.15, 0.2) is 11.5 Å². The second-order valence-electron chi connectivity index (χ2n) is 8.14. The predicted molar refractivity (Wildman–Crippen MR) is 115 cm³/mol. The van der Waals surface area contributed by atoms with E-state index in [0.29, 0.717) is 36.8 Å². The molecule has 0 saturated carbocycles. The van der Waals surface area contributed by atoms with Crippen LogP contribution in [0.3, 0.4) is 0 Å². The topological polar surface area (TPSA) is 83.1 Å². The first-order valence-electron chi connectivity index (χ1n) is 10.8. The second kappa shape index (κ2) is 9.88. The zero-order valence-corrected chi connectivity index (χ0v) is 17.9. The minimum absolute atomic E-state index is 0.0102. The van der Waals surface area contributed by atoms with Gasteiger partial charge < -0.3 is 30.1 Å². The second-order valence-corrected chi connectivity index (χ2v) is 8.14. The predicted octanol–water partition coefficient (Wildman–Crippen LogP) is 3.80. The van der Waals surface area contributed by atoms with E-state index in [2.05, 4.69) is 15.5 Å². The normalized spacial score (nSPS) is 17.9. The molecule has 2 unspecified atom stereocenters.